The maximum atomic E-state index is 12.4. The maximum Gasteiger partial charge on any atom is 0.137 e. The third kappa shape index (κ3) is 1.11. The third-order valence-corrected chi connectivity index (χ3v) is 6.84. The highest BCUT2D eigenvalue weighted by Gasteiger charge is 2.74. The molecule has 3 fully saturated rings. The number of aliphatic hydroxyl groups is 2. The molecule has 3 aliphatic rings. The Kier molecular flexibility index (Phi) is 2.36. The lowest BCUT2D eigenvalue weighted by Gasteiger charge is -2.44. The average molecular weight is 252 g/mol. The van der Waals surface area contributed by atoms with Crippen molar-refractivity contribution in [1.82, 2.24) is 0 Å². The van der Waals surface area contributed by atoms with E-state index in [0.717, 1.165) is 19.3 Å². The van der Waals surface area contributed by atoms with Gasteiger partial charge in [0.05, 0.1) is 6.10 Å². The van der Waals surface area contributed by atoms with E-state index in [4.69, 9.17) is 0 Å². The zero-order valence-electron chi connectivity index (χ0n) is 11.6. The van der Waals surface area contributed by atoms with Crippen molar-refractivity contribution in [3.8, 4) is 0 Å². The first kappa shape index (κ1) is 12.6. The highest BCUT2D eigenvalue weighted by Crippen LogP contribution is 2.72. The van der Waals surface area contributed by atoms with Crippen molar-refractivity contribution in [3.05, 3.63) is 0 Å². The number of hydrogen-bond donors (Lipinski definition) is 2. The van der Waals surface area contributed by atoms with Crippen molar-refractivity contribution in [3.63, 3.8) is 0 Å². The van der Waals surface area contributed by atoms with Crippen LogP contribution >= 0.6 is 0 Å². The van der Waals surface area contributed by atoms with Gasteiger partial charge >= 0.3 is 0 Å². The fourth-order valence-corrected chi connectivity index (χ4v) is 5.44. The van der Waals surface area contributed by atoms with Crippen LogP contribution in [0.15, 0.2) is 0 Å². The highest BCUT2D eigenvalue weighted by molar-refractivity contribution is 5.87. The Balaban J connectivity index is 2.17. The van der Waals surface area contributed by atoms with Gasteiger partial charge in [0.1, 0.15) is 5.78 Å². The normalized spacial score (nSPS) is 58.9. The highest BCUT2D eigenvalue weighted by atomic mass is 16.3. The van der Waals surface area contributed by atoms with Gasteiger partial charge in [0.2, 0.25) is 0 Å². The summed E-state index contributed by atoms with van der Waals surface area (Å²) in [7, 11) is 0. The molecule has 3 nitrogen and oxygen atoms in total. The predicted octanol–water partition coefficient (Wildman–Crippen LogP) is 1.76. The van der Waals surface area contributed by atoms with E-state index in [1.165, 1.54) is 0 Å². The molecule has 18 heavy (non-hydrogen) atoms. The molecular weight excluding hydrogens is 228 g/mol. The molecule has 3 rings (SSSR count). The van der Waals surface area contributed by atoms with Gasteiger partial charge in [0.15, 0.2) is 0 Å². The lowest BCUT2D eigenvalue weighted by Crippen LogP contribution is -2.48. The molecule has 6 atom stereocenters. The van der Waals surface area contributed by atoms with Crippen LogP contribution in [0.25, 0.3) is 0 Å². The molecule has 0 aromatic heterocycles. The Hall–Kier alpha value is -0.410. The average Bonchev–Trinajstić information content (AvgIpc) is 2.53. The first-order valence-electron chi connectivity index (χ1n) is 7.12. The zero-order valence-corrected chi connectivity index (χ0v) is 11.6. The SMILES string of the molecule is CC12CC(=O)[C@H]3C([C@H]1O)[C@@](C)(CO)CCCC32C. The second kappa shape index (κ2) is 3.37. The van der Waals surface area contributed by atoms with Crippen molar-refractivity contribution in [2.75, 3.05) is 6.61 Å². The third-order valence-electron chi connectivity index (χ3n) is 6.84. The molecular formula is C15H24O3. The summed E-state index contributed by atoms with van der Waals surface area (Å²) in [4.78, 5) is 12.4. The number of carbonyl (C=O) groups is 1. The van der Waals surface area contributed by atoms with Crippen LogP contribution in [-0.4, -0.2) is 28.7 Å². The molecule has 0 amide bonds. The molecule has 102 valence electrons. The summed E-state index contributed by atoms with van der Waals surface area (Å²) in [5.74, 6) is 0.218. The summed E-state index contributed by atoms with van der Waals surface area (Å²) in [5, 5.41) is 20.5. The van der Waals surface area contributed by atoms with Gasteiger partial charge in [-0.1, -0.05) is 27.2 Å². The Morgan fingerprint density at radius 3 is 2.50 bits per heavy atom. The summed E-state index contributed by atoms with van der Waals surface area (Å²) < 4.78 is 0. The van der Waals surface area contributed by atoms with Gasteiger partial charge in [-0.2, -0.15) is 0 Å². The molecule has 3 saturated carbocycles. The molecule has 3 heteroatoms. The van der Waals surface area contributed by atoms with E-state index in [9.17, 15) is 15.0 Å². The number of aliphatic hydroxyl groups excluding tert-OH is 2. The van der Waals surface area contributed by atoms with Gasteiger partial charge in [0, 0.05) is 30.3 Å². The Bertz CT molecular complexity index is 407. The largest absolute Gasteiger partial charge is 0.396 e. The summed E-state index contributed by atoms with van der Waals surface area (Å²) in [6.45, 7) is 6.39. The molecule has 0 radical (unpaired) electrons. The minimum Gasteiger partial charge on any atom is -0.396 e. The quantitative estimate of drug-likeness (QED) is 0.747. The minimum atomic E-state index is -0.442. The van der Waals surface area contributed by atoms with Crippen LogP contribution in [0, 0.1) is 28.1 Å². The van der Waals surface area contributed by atoms with E-state index < -0.39 is 6.10 Å². The molecule has 3 unspecified atom stereocenters. The van der Waals surface area contributed by atoms with Gasteiger partial charge in [-0.25, -0.2) is 0 Å². The fraction of sp³-hybridized carbons (Fsp3) is 0.933. The second-order valence-corrected chi connectivity index (χ2v) is 7.59. The van der Waals surface area contributed by atoms with Crippen LogP contribution in [0.3, 0.4) is 0 Å². The predicted molar refractivity (Wildman–Crippen MR) is 67.9 cm³/mol. The lowest BCUT2D eigenvalue weighted by molar-refractivity contribution is -0.135. The molecule has 0 aromatic carbocycles. The molecule has 0 aliphatic heterocycles. The first-order chi connectivity index (χ1) is 8.30. The van der Waals surface area contributed by atoms with E-state index in [2.05, 4.69) is 13.8 Å². The van der Waals surface area contributed by atoms with Gasteiger partial charge in [-0.05, 0) is 23.7 Å². The van der Waals surface area contributed by atoms with Crippen LogP contribution < -0.4 is 0 Å². The van der Waals surface area contributed by atoms with E-state index in [-0.39, 0.29) is 34.7 Å². The van der Waals surface area contributed by atoms with Crippen molar-refractivity contribution in [2.24, 2.45) is 28.1 Å². The number of Topliss-reactive ketones (excluding diaryl/α,β-unsaturated/α-hetero) is 1. The number of ketones is 1. The van der Waals surface area contributed by atoms with Crippen LogP contribution in [0.2, 0.25) is 0 Å². The van der Waals surface area contributed by atoms with E-state index >= 15 is 0 Å². The molecule has 3 aliphatic carbocycles. The first-order valence-corrected chi connectivity index (χ1v) is 7.12. The van der Waals surface area contributed by atoms with Crippen LogP contribution in [-0.2, 0) is 4.79 Å². The molecule has 0 heterocycles. The van der Waals surface area contributed by atoms with Gasteiger partial charge in [0.25, 0.3) is 0 Å². The van der Waals surface area contributed by atoms with Gasteiger partial charge < -0.3 is 10.2 Å². The second-order valence-electron chi connectivity index (χ2n) is 7.59. The number of carbonyl (C=O) groups excluding carboxylic acids is 1. The maximum absolute atomic E-state index is 12.4. The molecule has 4 bridgehead atoms. The topological polar surface area (TPSA) is 57.5 Å². The summed E-state index contributed by atoms with van der Waals surface area (Å²) in [5.41, 5.74) is -0.646. The van der Waals surface area contributed by atoms with Crippen molar-refractivity contribution >= 4 is 5.78 Å². The zero-order chi connectivity index (χ0) is 13.3. The Labute approximate surface area is 109 Å². The summed E-state index contributed by atoms with van der Waals surface area (Å²) in [6, 6.07) is 0. The van der Waals surface area contributed by atoms with Crippen molar-refractivity contribution in [2.45, 2.75) is 52.6 Å². The van der Waals surface area contributed by atoms with Crippen LogP contribution in [0.5, 0.6) is 0 Å². The van der Waals surface area contributed by atoms with E-state index in [0.29, 0.717) is 12.2 Å². The molecule has 2 N–H and O–H groups in total. The fourth-order valence-electron chi connectivity index (χ4n) is 5.44. The van der Waals surface area contributed by atoms with E-state index in [1.807, 2.05) is 6.92 Å². The number of hydrogen-bond acceptors (Lipinski definition) is 3. The van der Waals surface area contributed by atoms with Crippen LogP contribution in [0.1, 0.15) is 46.5 Å². The molecule has 0 aromatic rings. The Morgan fingerprint density at radius 1 is 1.22 bits per heavy atom. The molecule has 0 saturated heterocycles. The smallest absolute Gasteiger partial charge is 0.137 e. The standard InChI is InChI=1S/C15H24O3/c1-13(8-16)5-4-6-14(2)10-9(17)7-15(14,3)12(18)11(10)13/h10-12,16,18H,4-8H2,1-3H3/t10-,11?,12+,13+,14?,15?/m0/s1. The minimum absolute atomic E-state index is 0.0443. The van der Waals surface area contributed by atoms with Gasteiger partial charge in [-0.3, -0.25) is 4.79 Å². The molecule has 0 spiro atoms. The Morgan fingerprint density at radius 2 is 1.89 bits per heavy atom. The van der Waals surface area contributed by atoms with Crippen LogP contribution in [0.4, 0.5) is 0 Å². The van der Waals surface area contributed by atoms with Gasteiger partial charge in [-0.15, -0.1) is 0 Å². The lowest BCUT2D eigenvalue weighted by atomic mass is 9.62. The number of rotatable bonds is 1. The van der Waals surface area contributed by atoms with E-state index in [1.54, 1.807) is 0 Å². The summed E-state index contributed by atoms with van der Waals surface area (Å²) >= 11 is 0. The summed E-state index contributed by atoms with van der Waals surface area (Å²) in [6.07, 6.45) is 3.05. The monoisotopic (exact) mass is 252 g/mol. The van der Waals surface area contributed by atoms with Crippen molar-refractivity contribution in [1.29, 1.82) is 0 Å². The van der Waals surface area contributed by atoms with Crippen molar-refractivity contribution < 1.29 is 15.0 Å².